The molecule has 1 aromatic heterocycles. The number of rotatable bonds is 5. The number of aromatic amines is 1. The molecular weight excluding hydrogens is 420 g/mol. The fourth-order valence-electron chi connectivity index (χ4n) is 2.30. The first-order valence-corrected chi connectivity index (χ1v) is 8.66. The van der Waals surface area contributed by atoms with E-state index in [1.165, 1.54) is 11.8 Å². The van der Waals surface area contributed by atoms with Crippen LogP contribution in [0.2, 0.25) is 0 Å². The SMILES string of the molecule is COc1cccc(-c2n[nH]c(=S)n2N=Cc2cc(Br)c(O)c(OC)c2)c1. The predicted molar refractivity (Wildman–Crippen MR) is 105 cm³/mol. The van der Waals surface area contributed by atoms with E-state index >= 15 is 0 Å². The maximum absolute atomic E-state index is 9.90. The van der Waals surface area contributed by atoms with Gasteiger partial charge in [0, 0.05) is 5.56 Å². The highest BCUT2D eigenvalue weighted by Gasteiger charge is 2.10. The summed E-state index contributed by atoms with van der Waals surface area (Å²) in [4.78, 5) is 0. The van der Waals surface area contributed by atoms with Gasteiger partial charge in [-0.25, -0.2) is 5.10 Å². The van der Waals surface area contributed by atoms with Gasteiger partial charge < -0.3 is 14.6 Å². The molecule has 0 saturated heterocycles. The van der Waals surface area contributed by atoms with Gasteiger partial charge >= 0.3 is 0 Å². The van der Waals surface area contributed by atoms with Crippen molar-refractivity contribution in [2.75, 3.05) is 14.2 Å². The second-order valence-corrected chi connectivity index (χ2v) is 6.44. The molecule has 3 aromatic rings. The van der Waals surface area contributed by atoms with E-state index in [9.17, 15) is 5.11 Å². The van der Waals surface area contributed by atoms with Gasteiger partial charge in [-0.1, -0.05) is 12.1 Å². The number of aromatic hydroxyl groups is 1. The quantitative estimate of drug-likeness (QED) is 0.468. The van der Waals surface area contributed by atoms with Crippen molar-refractivity contribution >= 4 is 34.4 Å². The molecule has 0 radical (unpaired) electrons. The Bertz CT molecular complexity index is 1030. The number of nitrogens with one attached hydrogen (secondary N) is 1. The molecule has 2 N–H and O–H groups in total. The molecule has 0 bridgehead atoms. The summed E-state index contributed by atoms with van der Waals surface area (Å²) in [6.07, 6.45) is 1.60. The van der Waals surface area contributed by atoms with Gasteiger partial charge in [0.25, 0.3) is 0 Å². The van der Waals surface area contributed by atoms with E-state index in [1.807, 2.05) is 24.3 Å². The van der Waals surface area contributed by atoms with Crippen LogP contribution in [0.25, 0.3) is 11.4 Å². The molecule has 0 spiro atoms. The summed E-state index contributed by atoms with van der Waals surface area (Å²) in [5.41, 5.74) is 1.52. The Morgan fingerprint density at radius 2 is 2.08 bits per heavy atom. The van der Waals surface area contributed by atoms with Crippen molar-refractivity contribution in [1.82, 2.24) is 14.9 Å². The minimum atomic E-state index is 0.0293. The Labute approximate surface area is 163 Å². The van der Waals surface area contributed by atoms with Crippen molar-refractivity contribution in [2.24, 2.45) is 5.10 Å². The number of hydrogen-bond donors (Lipinski definition) is 2. The summed E-state index contributed by atoms with van der Waals surface area (Å²) in [5.74, 6) is 1.63. The number of hydrogen-bond acceptors (Lipinski definition) is 6. The predicted octanol–water partition coefficient (Wildman–Crippen LogP) is 3.98. The first-order chi connectivity index (χ1) is 12.5. The van der Waals surface area contributed by atoms with Crippen molar-refractivity contribution in [3.8, 4) is 28.6 Å². The van der Waals surface area contributed by atoms with Crippen molar-refractivity contribution < 1.29 is 14.6 Å². The Morgan fingerprint density at radius 1 is 1.27 bits per heavy atom. The fraction of sp³-hybridized carbons (Fsp3) is 0.118. The summed E-state index contributed by atoms with van der Waals surface area (Å²) in [6.45, 7) is 0. The van der Waals surface area contributed by atoms with Crippen LogP contribution < -0.4 is 9.47 Å². The molecule has 2 aromatic carbocycles. The topological polar surface area (TPSA) is 84.7 Å². The molecule has 0 saturated carbocycles. The lowest BCUT2D eigenvalue weighted by molar-refractivity contribution is 0.372. The second-order valence-electron chi connectivity index (χ2n) is 5.19. The average Bonchev–Trinajstić information content (AvgIpc) is 3.03. The van der Waals surface area contributed by atoms with E-state index in [2.05, 4.69) is 31.2 Å². The lowest BCUT2D eigenvalue weighted by Gasteiger charge is -2.06. The van der Waals surface area contributed by atoms with Crippen molar-refractivity contribution in [2.45, 2.75) is 0 Å². The van der Waals surface area contributed by atoms with E-state index in [0.29, 0.717) is 32.1 Å². The lowest BCUT2D eigenvalue weighted by atomic mass is 10.2. The number of H-pyrrole nitrogens is 1. The van der Waals surface area contributed by atoms with E-state index < -0.39 is 0 Å². The maximum atomic E-state index is 9.90. The van der Waals surface area contributed by atoms with Gasteiger partial charge in [-0.05, 0) is 58.0 Å². The number of ether oxygens (including phenoxy) is 2. The smallest absolute Gasteiger partial charge is 0.216 e. The van der Waals surface area contributed by atoms with Gasteiger partial charge in [0.05, 0.1) is 24.9 Å². The third kappa shape index (κ3) is 3.63. The lowest BCUT2D eigenvalue weighted by Crippen LogP contribution is -1.96. The Kier molecular flexibility index (Phi) is 5.38. The fourth-order valence-corrected chi connectivity index (χ4v) is 2.94. The maximum Gasteiger partial charge on any atom is 0.216 e. The van der Waals surface area contributed by atoms with E-state index in [0.717, 1.165) is 5.56 Å². The monoisotopic (exact) mass is 434 g/mol. The van der Waals surface area contributed by atoms with E-state index in [1.54, 1.807) is 25.5 Å². The standard InChI is InChI=1S/C17H15BrN4O3S/c1-24-12-5-3-4-11(8-12)16-20-21-17(26)22(16)19-9-10-6-13(18)15(23)14(7-10)25-2/h3-9,23H,1-2H3,(H,21,26). The van der Waals surface area contributed by atoms with Gasteiger partial charge in [-0.15, -0.1) is 0 Å². The van der Waals surface area contributed by atoms with Gasteiger partial charge in [-0.2, -0.15) is 14.9 Å². The van der Waals surface area contributed by atoms with Gasteiger partial charge in [0.1, 0.15) is 5.75 Å². The van der Waals surface area contributed by atoms with Crippen LogP contribution in [0.4, 0.5) is 0 Å². The molecule has 0 aliphatic heterocycles. The molecule has 0 atom stereocenters. The first-order valence-electron chi connectivity index (χ1n) is 7.46. The number of aromatic nitrogens is 3. The normalized spacial score (nSPS) is 11.0. The van der Waals surface area contributed by atoms with Crippen LogP contribution in [0.15, 0.2) is 46.0 Å². The molecule has 1 heterocycles. The Morgan fingerprint density at radius 3 is 2.81 bits per heavy atom. The van der Waals surface area contributed by atoms with Gasteiger partial charge in [-0.3, -0.25) is 0 Å². The summed E-state index contributed by atoms with van der Waals surface area (Å²) in [7, 11) is 3.08. The Hall–Kier alpha value is -2.65. The summed E-state index contributed by atoms with van der Waals surface area (Å²) in [6, 6.07) is 10.8. The first kappa shape index (κ1) is 18.2. The zero-order chi connectivity index (χ0) is 18.7. The van der Waals surface area contributed by atoms with E-state index in [4.69, 9.17) is 21.7 Å². The Balaban J connectivity index is 2.01. The summed E-state index contributed by atoms with van der Waals surface area (Å²) < 4.78 is 12.8. The van der Waals surface area contributed by atoms with Crippen molar-refractivity contribution in [1.29, 1.82) is 0 Å². The number of benzene rings is 2. The van der Waals surface area contributed by atoms with Gasteiger partial charge in [0.15, 0.2) is 17.3 Å². The molecule has 0 unspecified atom stereocenters. The molecule has 0 fully saturated rings. The third-order valence-electron chi connectivity index (χ3n) is 3.57. The third-order valence-corrected chi connectivity index (χ3v) is 4.44. The zero-order valence-corrected chi connectivity index (χ0v) is 16.3. The molecule has 26 heavy (non-hydrogen) atoms. The van der Waals surface area contributed by atoms with Crippen LogP contribution in [0, 0.1) is 4.77 Å². The summed E-state index contributed by atoms with van der Waals surface area (Å²) >= 11 is 8.56. The number of halogens is 1. The largest absolute Gasteiger partial charge is 0.503 e. The van der Waals surface area contributed by atoms with Crippen LogP contribution in [-0.2, 0) is 0 Å². The number of methoxy groups -OCH3 is 2. The minimum absolute atomic E-state index is 0.0293. The second kappa shape index (κ2) is 7.71. The van der Waals surface area contributed by atoms with Crippen LogP contribution >= 0.6 is 28.1 Å². The molecule has 0 aliphatic carbocycles. The van der Waals surface area contributed by atoms with E-state index in [-0.39, 0.29) is 5.75 Å². The number of nitrogens with zero attached hydrogens (tertiary/aromatic N) is 3. The highest BCUT2D eigenvalue weighted by Crippen LogP contribution is 2.34. The highest BCUT2D eigenvalue weighted by molar-refractivity contribution is 9.10. The molecule has 0 aliphatic rings. The van der Waals surface area contributed by atoms with Crippen LogP contribution in [0.5, 0.6) is 17.2 Å². The molecular formula is C17H15BrN4O3S. The van der Waals surface area contributed by atoms with Crippen LogP contribution in [-0.4, -0.2) is 40.4 Å². The molecule has 3 rings (SSSR count). The molecule has 9 heteroatoms. The number of phenols is 1. The molecule has 134 valence electrons. The average molecular weight is 435 g/mol. The summed E-state index contributed by atoms with van der Waals surface area (Å²) in [5, 5.41) is 21.3. The zero-order valence-electron chi connectivity index (χ0n) is 13.9. The highest BCUT2D eigenvalue weighted by atomic mass is 79.9. The minimum Gasteiger partial charge on any atom is -0.503 e. The van der Waals surface area contributed by atoms with Crippen molar-refractivity contribution in [3.63, 3.8) is 0 Å². The van der Waals surface area contributed by atoms with Crippen molar-refractivity contribution in [3.05, 3.63) is 51.2 Å². The molecule has 7 nitrogen and oxygen atoms in total. The molecule has 0 amide bonds. The number of phenolic OH excluding ortho intramolecular Hbond substituents is 1. The van der Waals surface area contributed by atoms with Gasteiger partial charge in [0.2, 0.25) is 4.77 Å². The van der Waals surface area contributed by atoms with Crippen LogP contribution in [0.3, 0.4) is 0 Å². The van der Waals surface area contributed by atoms with Crippen LogP contribution in [0.1, 0.15) is 5.56 Å².